The van der Waals surface area contributed by atoms with E-state index < -0.39 is 0 Å². The first-order chi connectivity index (χ1) is 13.3. The highest BCUT2D eigenvalue weighted by Gasteiger charge is 2.23. The zero-order chi connectivity index (χ0) is 18.2. The van der Waals surface area contributed by atoms with E-state index in [1.807, 2.05) is 65.5 Å². The Hall–Kier alpha value is -3.40. The van der Waals surface area contributed by atoms with Crippen LogP contribution in [0.4, 0.5) is 0 Å². The van der Waals surface area contributed by atoms with Crippen LogP contribution in [0.25, 0.3) is 16.7 Å². The van der Waals surface area contributed by atoms with Crippen LogP contribution in [0, 0.1) is 0 Å². The molecule has 0 saturated heterocycles. The highest BCUT2D eigenvalue weighted by molar-refractivity contribution is 5.94. The number of imidazole rings is 1. The van der Waals surface area contributed by atoms with Gasteiger partial charge < -0.3 is 5.32 Å². The summed E-state index contributed by atoms with van der Waals surface area (Å²) in [6.07, 6.45) is 3.80. The van der Waals surface area contributed by atoms with Crippen molar-refractivity contribution < 1.29 is 4.79 Å². The number of benzene rings is 3. The van der Waals surface area contributed by atoms with Crippen molar-refractivity contribution in [3.63, 3.8) is 0 Å². The summed E-state index contributed by atoms with van der Waals surface area (Å²) in [5.41, 5.74) is 6.26. The lowest BCUT2D eigenvalue weighted by atomic mass is 10.1. The van der Waals surface area contributed by atoms with Crippen LogP contribution in [0.3, 0.4) is 0 Å². The summed E-state index contributed by atoms with van der Waals surface area (Å²) in [6.45, 7) is 0. The molecule has 4 aromatic rings. The minimum Gasteiger partial charge on any atom is -0.345 e. The maximum atomic E-state index is 12.7. The van der Waals surface area contributed by atoms with Gasteiger partial charge in [0.2, 0.25) is 0 Å². The Labute approximate surface area is 157 Å². The second-order valence-corrected chi connectivity index (χ2v) is 6.91. The SMILES string of the molecule is O=C(NC1CCc2ccccc21)c1ccc(-n2cnc3ccccc32)cc1. The molecule has 0 spiro atoms. The first-order valence-corrected chi connectivity index (χ1v) is 9.21. The second-order valence-electron chi connectivity index (χ2n) is 6.91. The number of rotatable bonds is 3. The lowest BCUT2D eigenvalue weighted by molar-refractivity contribution is 0.0936. The number of hydrogen-bond donors (Lipinski definition) is 1. The number of para-hydroxylation sites is 2. The van der Waals surface area contributed by atoms with Gasteiger partial charge in [-0.3, -0.25) is 9.36 Å². The molecule has 1 atom stereocenters. The summed E-state index contributed by atoms with van der Waals surface area (Å²) in [4.78, 5) is 17.1. The number of nitrogens with zero attached hydrogens (tertiary/aromatic N) is 2. The number of amides is 1. The lowest BCUT2D eigenvalue weighted by Crippen LogP contribution is -2.27. The van der Waals surface area contributed by atoms with Gasteiger partial charge in [0.25, 0.3) is 5.91 Å². The maximum absolute atomic E-state index is 12.7. The molecule has 1 N–H and O–H groups in total. The maximum Gasteiger partial charge on any atom is 0.251 e. The first kappa shape index (κ1) is 15.8. The van der Waals surface area contributed by atoms with Gasteiger partial charge in [0.05, 0.1) is 17.1 Å². The molecule has 0 radical (unpaired) electrons. The monoisotopic (exact) mass is 353 g/mol. The molecule has 27 heavy (non-hydrogen) atoms. The van der Waals surface area contributed by atoms with E-state index in [1.165, 1.54) is 11.1 Å². The third kappa shape index (κ3) is 2.79. The summed E-state index contributed by atoms with van der Waals surface area (Å²) in [5, 5.41) is 3.18. The largest absolute Gasteiger partial charge is 0.345 e. The van der Waals surface area contributed by atoms with Gasteiger partial charge in [0, 0.05) is 11.3 Å². The van der Waals surface area contributed by atoms with Crippen LogP contribution in [0.2, 0.25) is 0 Å². The van der Waals surface area contributed by atoms with E-state index in [0.717, 1.165) is 29.6 Å². The predicted octanol–water partition coefficient (Wildman–Crippen LogP) is 4.44. The van der Waals surface area contributed by atoms with Gasteiger partial charge in [-0.25, -0.2) is 4.98 Å². The Bertz CT molecular complexity index is 1130. The number of nitrogens with one attached hydrogen (secondary N) is 1. The minimum atomic E-state index is -0.0289. The van der Waals surface area contributed by atoms with Gasteiger partial charge >= 0.3 is 0 Å². The highest BCUT2D eigenvalue weighted by Crippen LogP contribution is 2.31. The topological polar surface area (TPSA) is 46.9 Å². The third-order valence-corrected chi connectivity index (χ3v) is 5.30. The molecule has 1 amide bonds. The normalized spacial score (nSPS) is 15.6. The first-order valence-electron chi connectivity index (χ1n) is 9.21. The van der Waals surface area contributed by atoms with E-state index in [9.17, 15) is 4.79 Å². The van der Waals surface area contributed by atoms with E-state index in [4.69, 9.17) is 0 Å². The van der Waals surface area contributed by atoms with E-state index >= 15 is 0 Å². The molecule has 1 aliphatic carbocycles. The summed E-state index contributed by atoms with van der Waals surface area (Å²) in [7, 11) is 0. The number of hydrogen-bond acceptors (Lipinski definition) is 2. The molecular formula is C23H19N3O. The standard InChI is InChI=1S/C23H19N3O/c27-23(25-20-14-11-16-5-1-2-6-19(16)20)17-9-12-18(13-10-17)26-15-24-21-7-3-4-8-22(21)26/h1-10,12-13,15,20H,11,14H2,(H,25,27). The van der Waals surface area contributed by atoms with Crippen LogP contribution in [0.15, 0.2) is 79.1 Å². The van der Waals surface area contributed by atoms with Crippen LogP contribution in [-0.4, -0.2) is 15.5 Å². The average molecular weight is 353 g/mol. The van der Waals surface area contributed by atoms with Crippen molar-refractivity contribution in [3.8, 4) is 5.69 Å². The highest BCUT2D eigenvalue weighted by atomic mass is 16.1. The van der Waals surface area contributed by atoms with Crippen molar-refractivity contribution in [2.75, 3.05) is 0 Å². The molecule has 0 aliphatic heterocycles. The van der Waals surface area contributed by atoms with Gasteiger partial charge in [-0.15, -0.1) is 0 Å². The van der Waals surface area contributed by atoms with Crippen molar-refractivity contribution in [1.82, 2.24) is 14.9 Å². The average Bonchev–Trinajstić information content (AvgIpc) is 3.33. The Morgan fingerprint density at radius 2 is 1.74 bits per heavy atom. The molecule has 1 aliphatic rings. The van der Waals surface area contributed by atoms with Gasteiger partial charge in [-0.1, -0.05) is 36.4 Å². The zero-order valence-electron chi connectivity index (χ0n) is 14.8. The van der Waals surface area contributed by atoms with Gasteiger partial charge in [0.15, 0.2) is 0 Å². The molecule has 4 heteroatoms. The van der Waals surface area contributed by atoms with Gasteiger partial charge in [-0.2, -0.15) is 0 Å². The number of carbonyl (C=O) groups excluding carboxylic acids is 1. The van der Waals surface area contributed by atoms with Crippen molar-refractivity contribution in [3.05, 3.63) is 95.8 Å². The van der Waals surface area contributed by atoms with Crippen LogP contribution in [0.5, 0.6) is 0 Å². The number of fused-ring (bicyclic) bond motifs is 2. The fourth-order valence-corrected chi connectivity index (χ4v) is 3.89. The number of aromatic nitrogens is 2. The second kappa shape index (κ2) is 6.40. The van der Waals surface area contributed by atoms with Gasteiger partial charge in [-0.05, 0) is 60.4 Å². The smallest absolute Gasteiger partial charge is 0.251 e. The Kier molecular flexibility index (Phi) is 3.75. The Morgan fingerprint density at radius 1 is 0.963 bits per heavy atom. The molecule has 4 nitrogen and oxygen atoms in total. The molecule has 1 unspecified atom stereocenters. The van der Waals surface area contributed by atoms with E-state index in [2.05, 4.69) is 28.5 Å². The molecule has 3 aromatic carbocycles. The molecular weight excluding hydrogens is 334 g/mol. The van der Waals surface area contributed by atoms with Gasteiger partial charge in [0.1, 0.15) is 6.33 Å². The van der Waals surface area contributed by atoms with Crippen molar-refractivity contribution in [2.24, 2.45) is 0 Å². The molecule has 1 aromatic heterocycles. The zero-order valence-corrected chi connectivity index (χ0v) is 14.8. The van der Waals surface area contributed by atoms with Crippen molar-refractivity contribution >= 4 is 16.9 Å². The number of carbonyl (C=O) groups is 1. The summed E-state index contributed by atoms with van der Waals surface area (Å²) in [5.74, 6) is -0.0289. The molecule has 0 bridgehead atoms. The van der Waals surface area contributed by atoms with Crippen molar-refractivity contribution in [1.29, 1.82) is 0 Å². The third-order valence-electron chi connectivity index (χ3n) is 5.30. The molecule has 0 fully saturated rings. The van der Waals surface area contributed by atoms with E-state index in [0.29, 0.717) is 5.56 Å². The molecule has 0 saturated carbocycles. The Balaban J connectivity index is 1.37. The quantitative estimate of drug-likeness (QED) is 0.592. The van der Waals surface area contributed by atoms with E-state index in [1.54, 1.807) is 0 Å². The minimum absolute atomic E-state index is 0.0289. The summed E-state index contributed by atoms with van der Waals surface area (Å²) < 4.78 is 2.03. The van der Waals surface area contributed by atoms with E-state index in [-0.39, 0.29) is 11.9 Å². The fourth-order valence-electron chi connectivity index (χ4n) is 3.89. The fraction of sp³-hybridized carbons (Fsp3) is 0.130. The van der Waals surface area contributed by atoms with Crippen LogP contribution in [0.1, 0.15) is 33.9 Å². The summed E-state index contributed by atoms with van der Waals surface area (Å²) in [6, 6.07) is 24.1. The van der Waals surface area contributed by atoms with Crippen molar-refractivity contribution in [2.45, 2.75) is 18.9 Å². The molecule has 1 heterocycles. The number of aryl methyl sites for hydroxylation is 1. The molecule has 132 valence electrons. The lowest BCUT2D eigenvalue weighted by Gasteiger charge is -2.14. The van der Waals surface area contributed by atoms with Crippen LogP contribution in [-0.2, 0) is 6.42 Å². The van der Waals surface area contributed by atoms with Crippen LogP contribution >= 0.6 is 0 Å². The summed E-state index contributed by atoms with van der Waals surface area (Å²) >= 11 is 0. The Morgan fingerprint density at radius 3 is 2.63 bits per heavy atom. The predicted molar refractivity (Wildman–Crippen MR) is 106 cm³/mol. The van der Waals surface area contributed by atoms with Crippen LogP contribution < -0.4 is 5.32 Å². The molecule has 5 rings (SSSR count).